The first kappa shape index (κ1) is 16.0. The van der Waals surface area contributed by atoms with Gasteiger partial charge < -0.3 is 10.1 Å². The lowest BCUT2D eigenvalue weighted by Crippen LogP contribution is -2.52. The topological polar surface area (TPSA) is 55.4 Å². The van der Waals surface area contributed by atoms with Gasteiger partial charge in [0, 0.05) is 10.3 Å². The van der Waals surface area contributed by atoms with E-state index < -0.39 is 5.54 Å². The number of carbonyl (C=O) groups is 2. The van der Waals surface area contributed by atoms with E-state index in [1.54, 1.807) is 18.3 Å². The number of rotatable bonds is 5. The van der Waals surface area contributed by atoms with Gasteiger partial charge >= 0.3 is 5.97 Å². The van der Waals surface area contributed by atoms with Crippen molar-refractivity contribution in [1.29, 1.82) is 0 Å². The second-order valence-corrected chi connectivity index (χ2v) is 6.75. The molecule has 21 heavy (non-hydrogen) atoms. The molecule has 116 valence electrons. The van der Waals surface area contributed by atoms with E-state index in [-0.39, 0.29) is 11.9 Å². The lowest BCUT2D eigenvalue weighted by molar-refractivity contribution is -0.147. The summed E-state index contributed by atoms with van der Waals surface area (Å²) in [6, 6.07) is 0. The molecule has 1 aliphatic rings. The Balaban J connectivity index is 2.19. The molecule has 2 rings (SSSR count). The van der Waals surface area contributed by atoms with Crippen LogP contribution < -0.4 is 5.32 Å². The Kier molecular flexibility index (Phi) is 5.04. The van der Waals surface area contributed by atoms with E-state index in [0.29, 0.717) is 6.42 Å². The molecule has 0 bridgehead atoms. The molecule has 0 radical (unpaired) electrons. The molecule has 1 atom stereocenters. The first-order chi connectivity index (χ1) is 10.0. The van der Waals surface area contributed by atoms with Gasteiger partial charge in [0.1, 0.15) is 5.54 Å². The predicted molar refractivity (Wildman–Crippen MR) is 83.8 cm³/mol. The number of aryl methyl sites for hydroxylation is 1. The van der Waals surface area contributed by atoms with Gasteiger partial charge in [0.05, 0.1) is 12.7 Å². The van der Waals surface area contributed by atoms with Crippen LogP contribution in [0.3, 0.4) is 0 Å². The second-order valence-electron chi connectivity index (χ2n) is 5.79. The maximum atomic E-state index is 12.6. The average molecular weight is 309 g/mol. The second kappa shape index (κ2) is 6.60. The number of hydrogen-bond acceptors (Lipinski definition) is 4. The Morgan fingerprint density at radius 1 is 1.38 bits per heavy atom. The molecule has 0 saturated heterocycles. The van der Waals surface area contributed by atoms with Crippen molar-refractivity contribution in [2.45, 2.75) is 57.9 Å². The van der Waals surface area contributed by atoms with Gasteiger partial charge in [-0.3, -0.25) is 4.79 Å². The monoisotopic (exact) mass is 309 g/mol. The van der Waals surface area contributed by atoms with E-state index in [1.807, 2.05) is 12.3 Å². The number of esters is 1. The van der Waals surface area contributed by atoms with Gasteiger partial charge in [0.15, 0.2) is 0 Å². The summed E-state index contributed by atoms with van der Waals surface area (Å²) in [5.74, 6) is -0.544. The summed E-state index contributed by atoms with van der Waals surface area (Å²) >= 11 is 1.66. The van der Waals surface area contributed by atoms with Crippen LogP contribution in [0.2, 0.25) is 0 Å². The Bertz CT molecular complexity index is 538. The van der Waals surface area contributed by atoms with Crippen LogP contribution in [0.15, 0.2) is 5.38 Å². The molecule has 0 unspecified atom stereocenters. The first-order valence-corrected chi connectivity index (χ1v) is 8.40. The van der Waals surface area contributed by atoms with Gasteiger partial charge in [-0.05, 0) is 44.6 Å². The van der Waals surface area contributed by atoms with Crippen molar-refractivity contribution in [3.05, 3.63) is 21.4 Å². The molecule has 0 spiro atoms. The number of thiophene rings is 1. The molecule has 0 saturated carbocycles. The SMILES string of the molecule is CCC[C@@](C)(NC(=O)c1csc2c1CCCC2)C(=O)OC. The van der Waals surface area contributed by atoms with Crippen molar-refractivity contribution in [3.8, 4) is 0 Å². The molecule has 0 fully saturated rings. The van der Waals surface area contributed by atoms with Gasteiger partial charge in [0.2, 0.25) is 0 Å². The number of carbonyl (C=O) groups excluding carboxylic acids is 2. The Morgan fingerprint density at radius 2 is 2.10 bits per heavy atom. The molecule has 1 aliphatic carbocycles. The van der Waals surface area contributed by atoms with Crippen LogP contribution in [-0.4, -0.2) is 24.5 Å². The summed E-state index contributed by atoms with van der Waals surface area (Å²) in [6.45, 7) is 3.72. The van der Waals surface area contributed by atoms with Gasteiger partial charge in [-0.1, -0.05) is 13.3 Å². The van der Waals surface area contributed by atoms with E-state index in [2.05, 4.69) is 5.32 Å². The van der Waals surface area contributed by atoms with Gasteiger partial charge in [-0.2, -0.15) is 0 Å². The number of fused-ring (bicyclic) bond motifs is 1. The highest BCUT2D eigenvalue weighted by atomic mass is 32.1. The third kappa shape index (κ3) is 3.28. The highest BCUT2D eigenvalue weighted by Crippen LogP contribution is 2.30. The summed E-state index contributed by atoms with van der Waals surface area (Å²) in [7, 11) is 1.36. The third-order valence-corrected chi connectivity index (χ3v) is 5.17. The van der Waals surface area contributed by atoms with Gasteiger partial charge in [-0.25, -0.2) is 4.79 Å². The number of amides is 1. The fourth-order valence-corrected chi connectivity index (χ4v) is 4.07. The molecular weight excluding hydrogens is 286 g/mol. The normalized spacial score (nSPS) is 16.7. The molecule has 1 heterocycles. The smallest absolute Gasteiger partial charge is 0.331 e. The number of ether oxygens (including phenoxy) is 1. The van der Waals surface area contributed by atoms with Crippen molar-refractivity contribution >= 4 is 23.2 Å². The summed E-state index contributed by atoms with van der Waals surface area (Å²) in [5.41, 5.74) is 0.956. The summed E-state index contributed by atoms with van der Waals surface area (Å²) in [6.07, 6.45) is 5.73. The molecule has 5 heteroatoms. The van der Waals surface area contributed by atoms with Crippen LogP contribution >= 0.6 is 11.3 Å². The fourth-order valence-electron chi connectivity index (χ4n) is 2.94. The van der Waals surface area contributed by atoms with Gasteiger partial charge in [0.25, 0.3) is 5.91 Å². The van der Waals surface area contributed by atoms with E-state index >= 15 is 0 Å². The van der Waals surface area contributed by atoms with E-state index in [4.69, 9.17) is 4.74 Å². The minimum absolute atomic E-state index is 0.157. The zero-order chi connectivity index (χ0) is 15.5. The highest BCUT2D eigenvalue weighted by molar-refractivity contribution is 7.10. The van der Waals surface area contributed by atoms with E-state index in [1.165, 1.54) is 24.0 Å². The third-order valence-electron chi connectivity index (χ3n) is 4.08. The molecule has 4 nitrogen and oxygen atoms in total. The van der Waals surface area contributed by atoms with Crippen molar-refractivity contribution in [2.24, 2.45) is 0 Å². The largest absolute Gasteiger partial charge is 0.467 e. The maximum Gasteiger partial charge on any atom is 0.331 e. The molecule has 1 aromatic rings. The van der Waals surface area contributed by atoms with E-state index in [9.17, 15) is 9.59 Å². The highest BCUT2D eigenvalue weighted by Gasteiger charge is 2.36. The number of nitrogens with one attached hydrogen (secondary N) is 1. The summed E-state index contributed by atoms with van der Waals surface area (Å²) in [5, 5.41) is 4.82. The fraction of sp³-hybridized carbons (Fsp3) is 0.625. The molecule has 0 aromatic carbocycles. The minimum atomic E-state index is -0.954. The van der Waals surface area contributed by atoms with Crippen molar-refractivity contribution in [3.63, 3.8) is 0 Å². The van der Waals surface area contributed by atoms with Crippen LogP contribution in [-0.2, 0) is 22.4 Å². The van der Waals surface area contributed by atoms with Crippen LogP contribution in [0.1, 0.15) is 60.3 Å². The molecular formula is C16H23NO3S. The van der Waals surface area contributed by atoms with Crippen LogP contribution in [0.25, 0.3) is 0 Å². The van der Waals surface area contributed by atoms with E-state index in [0.717, 1.165) is 31.2 Å². The molecule has 1 N–H and O–H groups in total. The van der Waals surface area contributed by atoms with Gasteiger partial charge in [-0.15, -0.1) is 11.3 Å². The minimum Gasteiger partial charge on any atom is -0.467 e. The summed E-state index contributed by atoms with van der Waals surface area (Å²) in [4.78, 5) is 25.9. The number of methoxy groups -OCH3 is 1. The quantitative estimate of drug-likeness (QED) is 0.850. The number of hydrogen-bond donors (Lipinski definition) is 1. The Hall–Kier alpha value is -1.36. The maximum absolute atomic E-state index is 12.6. The molecule has 1 amide bonds. The van der Waals surface area contributed by atoms with Crippen molar-refractivity contribution < 1.29 is 14.3 Å². The molecule has 0 aliphatic heterocycles. The van der Waals surface area contributed by atoms with Crippen LogP contribution in [0.4, 0.5) is 0 Å². The summed E-state index contributed by atoms with van der Waals surface area (Å²) < 4.78 is 4.85. The predicted octanol–water partition coefficient (Wildman–Crippen LogP) is 3.09. The van der Waals surface area contributed by atoms with Crippen LogP contribution in [0.5, 0.6) is 0 Å². The Labute approximate surface area is 129 Å². The zero-order valence-electron chi connectivity index (χ0n) is 13.0. The first-order valence-electron chi connectivity index (χ1n) is 7.52. The van der Waals surface area contributed by atoms with Crippen molar-refractivity contribution in [1.82, 2.24) is 5.32 Å². The Morgan fingerprint density at radius 3 is 2.76 bits per heavy atom. The zero-order valence-corrected chi connectivity index (χ0v) is 13.8. The van der Waals surface area contributed by atoms with Crippen LogP contribution in [0, 0.1) is 0 Å². The lowest BCUT2D eigenvalue weighted by atomic mass is 9.93. The van der Waals surface area contributed by atoms with Crippen molar-refractivity contribution in [2.75, 3.05) is 7.11 Å². The average Bonchev–Trinajstić information content (AvgIpc) is 2.90. The lowest BCUT2D eigenvalue weighted by Gasteiger charge is -2.27. The standard InChI is InChI=1S/C16H23NO3S/c1-4-9-16(2,15(19)20-3)17-14(18)12-10-21-13-8-6-5-7-11(12)13/h10H,4-9H2,1-3H3,(H,17,18)/t16-/m1/s1. The molecule has 1 aromatic heterocycles.